The lowest BCUT2D eigenvalue weighted by Crippen LogP contribution is -2.39. The normalized spacial score (nSPS) is 12.5. The van der Waals surface area contributed by atoms with Crippen molar-refractivity contribution >= 4 is 29.9 Å². The van der Waals surface area contributed by atoms with Gasteiger partial charge in [-0.1, -0.05) is 13.8 Å². The summed E-state index contributed by atoms with van der Waals surface area (Å²) in [6.45, 7) is 7.08. The van der Waals surface area contributed by atoms with Gasteiger partial charge in [0.15, 0.2) is 5.96 Å². The predicted molar refractivity (Wildman–Crippen MR) is 114 cm³/mol. The minimum Gasteiger partial charge on any atom is -0.357 e. The molecule has 1 N–H and O–H groups in total. The highest BCUT2D eigenvalue weighted by atomic mass is 127. The molecule has 0 bridgehead atoms. The van der Waals surface area contributed by atoms with Gasteiger partial charge < -0.3 is 10.2 Å². The zero-order valence-corrected chi connectivity index (χ0v) is 19.3. The van der Waals surface area contributed by atoms with Crippen molar-refractivity contribution in [3.05, 3.63) is 17.5 Å². The summed E-state index contributed by atoms with van der Waals surface area (Å²) in [5.74, 6) is 0.988. The van der Waals surface area contributed by atoms with E-state index >= 15 is 0 Å². The molecular weight excluding hydrogens is 472 g/mol. The number of nitrogens with zero attached hydrogens (tertiary/aromatic N) is 5. The second-order valence-corrected chi connectivity index (χ2v) is 6.81. The number of rotatable bonds is 8. The maximum atomic E-state index is 12.4. The van der Waals surface area contributed by atoms with Gasteiger partial charge in [0, 0.05) is 45.5 Å². The third-order valence-corrected chi connectivity index (χ3v) is 3.78. The molecule has 1 heterocycles. The Kier molecular flexibility index (Phi) is 11.3. The van der Waals surface area contributed by atoms with Crippen molar-refractivity contribution in [1.82, 2.24) is 24.9 Å². The molecular formula is C17H32F3IN6. The summed E-state index contributed by atoms with van der Waals surface area (Å²) in [7, 11) is 5.26. The van der Waals surface area contributed by atoms with Gasteiger partial charge >= 0.3 is 6.18 Å². The molecule has 0 aromatic carbocycles. The summed E-state index contributed by atoms with van der Waals surface area (Å²) in [5.41, 5.74) is 2.16. The van der Waals surface area contributed by atoms with Gasteiger partial charge in [-0.05, 0) is 19.9 Å². The molecule has 1 aromatic heterocycles. The van der Waals surface area contributed by atoms with Crippen molar-refractivity contribution in [3.63, 3.8) is 0 Å². The third-order valence-electron chi connectivity index (χ3n) is 3.78. The van der Waals surface area contributed by atoms with Crippen LogP contribution in [-0.2, 0) is 13.6 Å². The van der Waals surface area contributed by atoms with E-state index in [9.17, 15) is 13.2 Å². The molecule has 0 saturated heterocycles. The van der Waals surface area contributed by atoms with Crippen LogP contribution in [0.15, 0.2) is 11.2 Å². The highest BCUT2D eigenvalue weighted by Crippen LogP contribution is 2.18. The summed E-state index contributed by atoms with van der Waals surface area (Å²) in [4.78, 5) is 7.65. The van der Waals surface area contributed by atoms with E-state index < -0.39 is 12.7 Å². The molecule has 0 saturated carbocycles. The van der Waals surface area contributed by atoms with Crippen LogP contribution in [-0.4, -0.2) is 72.0 Å². The van der Waals surface area contributed by atoms with E-state index in [4.69, 9.17) is 0 Å². The molecule has 1 rings (SSSR count). The zero-order chi connectivity index (χ0) is 19.9. The molecule has 10 heteroatoms. The lowest BCUT2D eigenvalue weighted by Gasteiger charge is -2.23. The van der Waals surface area contributed by atoms with E-state index in [0.29, 0.717) is 31.5 Å². The topological polar surface area (TPSA) is 48.7 Å². The average Bonchev–Trinajstić information content (AvgIpc) is 2.85. The first-order chi connectivity index (χ1) is 12.0. The smallest absolute Gasteiger partial charge is 0.357 e. The Balaban J connectivity index is 0.00000676. The van der Waals surface area contributed by atoms with Gasteiger partial charge in [-0.15, -0.1) is 24.0 Å². The summed E-state index contributed by atoms with van der Waals surface area (Å²) in [5, 5.41) is 7.69. The average molecular weight is 504 g/mol. The van der Waals surface area contributed by atoms with Gasteiger partial charge in [-0.2, -0.15) is 18.3 Å². The number of halogens is 4. The fourth-order valence-electron chi connectivity index (χ4n) is 2.67. The molecule has 0 aliphatic rings. The number of alkyl halides is 3. The largest absolute Gasteiger partial charge is 0.401 e. The molecule has 0 atom stereocenters. The Hall–Kier alpha value is -1.04. The summed E-state index contributed by atoms with van der Waals surface area (Å²) < 4.78 is 38.9. The van der Waals surface area contributed by atoms with E-state index in [0.717, 1.165) is 11.3 Å². The molecule has 0 spiro atoms. The molecule has 0 amide bonds. The van der Waals surface area contributed by atoms with E-state index in [1.165, 1.54) is 11.9 Å². The van der Waals surface area contributed by atoms with Crippen LogP contribution < -0.4 is 5.32 Å². The number of aliphatic imine (C=N–C) groups is 1. The molecule has 6 nitrogen and oxygen atoms in total. The minimum absolute atomic E-state index is 0. The molecule has 27 heavy (non-hydrogen) atoms. The number of aryl methyl sites for hydroxylation is 1. The number of likely N-dealkylation sites (N-methyl/N-ethyl adjacent to an activating group) is 1. The quantitative estimate of drug-likeness (QED) is 0.336. The maximum absolute atomic E-state index is 12.4. The SMILES string of the molecule is CCNC(=NCCN(C)CC(F)(F)F)N(C)Cc1cn(C)nc1C(C)C.I. The Labute approximate surface area is 177 Å². The molecule has 0 aliphatic carbocycles. The van der Waals surface area contributed by atoms with Crippen LogP contribution in [0.4, 0.5) is 13.2 Å². The first kappa shape index (κ1) is 26.0. The Morgan fingerprint density at radius 2 is 1.96 bits per heavy atom. The first-order valence-electron chi connectivity index (χ1n) is 8.80. The molecule has 158 valence electrons. The number of guanidine groups is 1. The van der Waals surface area contributed by atoms with E-state index in [1.54, 1.807) is 4.68 Å². The lowest BCUT2D eigenvalue weighted by atomic mass is 10.1. The van der Waals surface area contributed by atoms with Crippen molar-refractivity contribution < 1.29 is 13.2 Å². The summed E-state index contributed by atoms with van der Waals surface area (Å²) in [6, 6.07) is 0. The predicted octanol–water partition coefficient (Wildman–Crippen LogP) is 3.05. The highest BCUT2D eigenvalue weighted by Gasteiger charge is 2.28. The highest BCUT2D eigenvalue weighted by molar-refractivity contribution is 14.0. The van der Waals surface area contributed by atoms with Crippen molar-refractivity contribution in [2.24, 2.45) is 12.0 Å². The summed E-state index contributed by atoms with van der Waals surface area (Å²) >= 11 is 0. The standard InChI is InChI=1S/C17H31F3N6.HI/c1-7-21-16(22-8-9-24(4)12-17(18,19)20)25(5)10-14-11-26(6)23-15(14)13(2)3;/h11,13H,7-10,12H2,1-6H3,(H,21,22);1H. The third kappa shape index (κ3) is 9.63. The first-order valence-corrected chi connectivity index (χ1v) is 8.80. The van der Waals surface area contributed by atoms with E-state index in [1.807, 2.05) is 32.1 Å². The minimum atomic E-state index is -4.19. The van der Waals surface area contributed by atoms with Crippen LogP contribution in [0.1, 0.15) is 37.9 Å². The molecule has 1 aromatic rings. The second kappa shape index (κ2) is 11.7. The molecule has 0 unspecified atom stereocenters. The zero-order valence-electron chi connectivity index (χ0n) is 17.0. The van der Waals surface area contributed by atoms with Crippen LogP contribution >= 0.6 is 24.0 Å². The van der Waals surface area contributed by atoms with Gasteiger partial charge in [0.2, 0.25) is 0 Å². The van der Waals surface area contributed by atoms with Gasteiger partial charge in [0.25, 0.3) is 0 Å². The number of hydrogen-bond acceptors (Lipinski definition) is 3. The van der Waals surface area contributed by atoms with Crippen LogP contribution in [0.5, 0.6) is 0 Å². The maximum Gasteiger partial charge on any atom is 0.401 e. The number of hydrogen-bond donors (Lipinski definition) is 1. The van der Waals surface area contributed by atoms with E-state index in [-0.39, 0.29) is 30.5 Å². The lowest BCUT2D eigenvalue weighted by molar-refractivity contribution is -0.142. The van der Waals surface area contributed by atoms with Crippen molar-refractivity contribution in [2.75, 3.05) is 40.3 Å². The number of nitrogens with one attached hydrogen (secondary N) is 1. The molecule has 0 fully saturated rings. The van der Waals surface area contributed by atoms with Gasteiger partial charge in [-0.25, -0.2) is 0 Å². The fraction of sp³-hybridized carbons (Fsp3) is 0.765. The monoisotopic (exact) mass is 504 g/mol. The fourth-order valence-corrected chi connectivity index (χ4v) is 2.67. The van der Waals surface area contributed by atoms with Gasteiger partial charge in [0.05, 0.1) is 18.8 Å². The van der Waals surface area contributed by atoms with E-state index in [2.05, 4.69) is 29.3 Å². The number of aromatic nitrogens is 2. The van der Waals surface area contributed by atoms with Crippen LogP contribution in [0.25, 0.3) is 0 Å². The molecule has 0 radical (unpaired) electrons. The van der Waals surface area contributed by atoms with Gasteiger partial charge in [-0.3, -0.25) is 14.6 Å². The van der Waals surface area contributed by atoms with Crippen molar-refractivity contribution in [2.45, 2.75) is 39.4 Å². The van der Waals surface area contributed by atoms with Gasteiger partial charge in [0.1, 0.15) is 0 Å². The Bertz CT molecular complexity index is 586. The second-order valence-electron chi connectivity index (χ2n) is 6.81. The Morgan fingerprint density at radius 1 is 1.33 bits per heavy atom. The summed E-state index contributed by atoms with van der Waals surface area (Å²) in [6.07, 6.45) is -2.19. The van der Waals surface area contributed by atoms with Crippen LogP contribution in [0.3, 0.4) is 0 Å². The van der Waals surface area contributed by atoms with Crippen molar-refractivity contribution in [1.29, 1.82) is 0 Å². The Morgan fingerprint density at radius 3 is 2.48 bits per heavy atom. The van der Waals surface area contributed by atoms with Crippen LogP contribution in [0.2, 0.25) is 0 Å². The molecule has 0 aliphatic heterocycles. The van der Waals surface area contributed by atoms with Crippen molar-refractivity contribution in [3.8, 4) is 0 Å². The van der Waals surface area contributed by atoms with Crippen LogP contribution in [0, 0.1) is 0 Å².